The standard InChI is InChI=1S/C17H22N2O2/c1-19(2)11-9-17(13-6-4-3-5-7-13)15-12-18-10-8-14(15)16(20)21-17/h3-7,18H,8-12H2,1-2H3. The number of hydrogen-bond acceptors (Lipinski definition) is 4. The van der Waals surface area contributed by atoms with Gasteiger partial charge >= 0.3 is 5.97 Å². The Balaban J connectivity index is 2.05. The minimum atomic E-state index is -0.592. The van der Waals surface area contributed by atoms with Crippen molar-refractivity contribution < 1.29 is 9.53 Å². The maximum absolute atomic E-state index is 12.3. The fraction of sp³-hybridized carbons (Fsp3) is 0.471. The summed E-state index contributed by atoms with van der Waals surface area (Å²) in [5, 5.41) is 3.39. The van der Waals surface area contributed by atoms with E-state index < -0.39 is 5.60 Å². The van der Waals surface area contributed by atoms with Crippen molar-refractivity contribution in [2.45, 2.75) is 18.4 Å². The molecule has 0 aromatic heterocycles. The van der Waals surface area contributed by atoms with Crippen LogP contribution in [-0.2, 0) is 15.1 Å². The minimum absolute atomic E-state index is 0.130. The van der Waals surface area contributed by atoms with Gasteiger partial charge in [-0.3, -0.25) is 0 Å². The topological polar surface area (TPSA) is 41.6 Å². The highest BCUT2D eigenvalue weighted by Crippen LogP contribution is 2.45. The summed E-state index contributed by atoms with van der Waals surface area (Å²) in [5.74, 6) is -0.130. The van der Waals surface area contributed by atoms with E-state index in [9.17, 15) is 4.79 Å². The Kier molecular flexibility index (Phi) is 3.83. The fourth-order valence-electron chi connectivity index (χ4n) is 3.25. The summed E-state index contributed by atoms with van der Waals surface area (Å²) in [5.41, 5.74) is 2.50. The van der Waals surface area contributed by atoms with E-state index in [1.54, 1.807) is 0 Å². The summed E-state index contributed by atoms with van der Waals surface area (Å²) < 4.78 is 5.95. The summed E-state index contributed by atoms with van der Waals surface area (Å²) in [7, 11) is 4.09. The van der Waals surface area contributed by atoms with E-state index >= 15 is 0 Å². The quantitative estimate of drug-likeness (QED) is 0.855. The zero-order valence-electron chi connectivity index (χ0n) is 12.7. The highest BCUT2D eigenvalue weighted by molar-refractivity contribution is 5.93. The summed E-state index contributed by atoms with van der Waals surface area (Å²) in [4.78, 5) is 14.5. The highest BCUT2D eigenvalue weighted by atomic mass is 16.6. The van der Waals surface area contributed by atoms with E-state index in [0.29, 0.717) is 0 Å². The average molecular weight is 286 g/mol. The number of ether oxygens (including phenoxy) is 1. The van der Waals surface area contributed by atoms with Crippen molar-refractivity contribution in [3.05, 3.63) is 47.0 Å². The van der Waals surface area contributed by atoms with Gasteiger partial charge in [-0.2, -0.15) is 0 Å². The predicted octanol–water partition coefficient (Wildman–Crippen LogP) is 1.68. The predicted molar refractivity (Wildman–Crippen MR) is 81.9 cm³/mol. The molecule has 1 aromatic carbocycles. The first-order valence-electron chi connectivity index (χ1n) is 7.50. The van der Waals surface area contributed by atoms with Crippen LogP contribution in [0.3, 0.4) is 0 Å². The molecule has 0 fully saturated rings. The highest BCUT2D eigenvalue weighted by Gasteiger charge is 2.48. The van der Waals surface area contributed by atoms with E-state index in [1.165, 1.54) is 0 Å². The Hall–Kier alpha value is -1.65. The second-order valence-electron chi connectivity index (χ2n) is 6.02. The normalized spacial score (nSPS) is 25.2. The number of esters is 1. The van der Waals surface area contributed by atoms with Crippen molar-refractivity contribution in [1.29, 1.82) is 0 Å². The van der Waals surface area contributed by atoms with Gasteiger partial charge in [-0.05, 0) is 32.6 Å². The van der Waals surface area contributed by atoms with Crippen molar-refractivity contribution in [2.75, 3.05) is 33.7 Å². The zero-order chi connectivity index (χ0) is 14.9. The number of carbonyl (C=O) groups is 1. The van der Waals surface area contributed by atoms with Crippen LogP contribution >= 0.6 is 0 Å². The molecule has 0 radical (unpaired) electrons. The van der Waals surface area contributed by atoms with E-state index in [4.69, 9.17) is 4.74 Å². The number of nitrogens with one attached hydrogen (secondary N) is 1. The van der Waals surface area contributed by atoms with Crippen molar-refractivity contribution in [3.8, 4) is 0 Å². The lowest BCUT2D eigenvalue weighted by atomic mass is 9.80. The fourth-order valence-corrected chi connectivity index (χ4v) is 3.25. The van der Waals surface area contributed by atoms with Crippen LogP contribution in [0.1, 0.15) is 18.4 Å². The summed E-state index contributed by atoms with van der Waals surface area (Å²) in [6.45, 7) is 2.47. The first-order valence-corrected chi connectivity index (χ1v) is 7.50. The van der Waals surface area contributed by atoms with Crippen LogP contribution in [0, 0.1) is 0 Å². The van der Waals surface area contributed by atoms with Gasteiger partial charge in [0, 0.05) is 30.7 Å². The lowest BCUT2D eigenvalue weighted by molar-refractivity contribution is -0.148. The van der Waals surface area contributed by atoms with Crippen molar-refractivity contribution in [2.24, 2.45) is 0 Å². The Morgan fingerprint density at radius 2 is 2.05 bits per heavy atom. The molecule has 0 saturated heterocycles. The van der Waals surface area contributed by atoms with E-state index in [-0.39, 0.29) is 5.97 Å². The second kappa shape index (κ2) is 5.62. The van der Waals surface area contributed by atoms with Crippen molar-refractivity contribution in [3.63, 3.8) is 0 Å². The largest absolute Gasteiger partial charge is 0.446 e. The number of nitrogens with zero attached hydrogens (tertiary/aromatic N) is 1. The molecule has 0 amide bonds. The van der Waals surface area contributed by atoms with Crippen LogP contribution < -0.4 is 5.32 Å². The van der Waals surface area contributed by atoms with Gasteiger partial charge in [-0.15, -0.1) is 0 Å². The Bertz CT molecular complexity index is 565. The molecule has 1 atom stereocenters. The van der Waals surface area contributed by atoms with Gasteiger partial charge in [0.2, 0.25) is 0 Å². The third-order valence-corrected chi connectivity index (χ3v) is 4.37. The van der Waals surface area contributed by atoms with E-state index in [0.717, 1.165) is 49.2 Å². The molecule has 4 heteroatoms. The molecule has 3 rings (SSSR count). The summed E-state index contributed by atoms with van der Waals surface area (Å²) >= 11 is 0. The van der Waals surface area contributed by atoms with E-state index in [2.05, 4.69) is 22.3 Å². The molecule has 1 aromatic rings. The molecule has 1 unspecified atom stereocenters. The van der Waals surface area contributed by atoms with Gasteiger partial charge in [0.1, 0.15) is 0 Å². The summed E-state index contributed by atoms with van der Waals surface area (Å²) in [6.07, 6.45) is 1.56. The van der Waals surface area contributed by atoms with Gasteiger partial charge in [-0.1, -0.05) is 30.3 Å². The molecule has 2 heterocycles. The maximum atomic E-state index is 12.3. The molecule has 0 saturated carbocycles. The van der Waals surface area contributed by atoms with Crippen LogP contribution in [0.15, 0.2) is 41.5 Å². The van der Waals surface area contributed by atoms with Crippen LogP contribution in [-0.4, -0.2) is 44.6 Å². The molecule has 21 heavy (non-hydrogen) atoms. The molecular weight excluding hydrogens is 264 g/mol. The Morgan fingerprint density at radius 1 is 1.29 bits per heavy atom. The zero-order valence-corrected chi connectivity index (χ0v) is 12.7. The molecule has 0 bridgehead atoms. The Labute approximate surface area is 125 Å². The van der Waals surface area contributed by atoms with Crippen LogP contribution in [0.4, 0.5) is 0 Å². The maximum Gasteiger partial charge on any atom is 0.335 e. The van der Waals surface area contributed by atoms with Crippen LogP contribution in [0.25, 0.3) is 0 Å². The molecule has 2 aliphatic rings. The SMILES string of the molecule is CN(C)CCC1(c2ccccc2)OC(=O)C2=C1CNCC2. The lowest BCUT2D eigenvalue weighted by Crippen LogP contribution is -2.38. The van der Waals surface area contributed by atoms with Gasteiger partial charge in [0.05, 0.1) is 0 Å². The van der Waals surface area contributed by atoms with Crippen LogP contribution in [0.5, 0.6) is 0 Å². The molecule has 112 valence electrons. The second-order valence-corrected chi connectivity index (χ2v) is 6.02. The molecule has 0 spiro atoms. The molecule has 1 N–H and O–H groups in total. The van der Waals surface area contributed by atoms with Gasteiger partial charge in [-0.25, -0.2) is 4.79 Å². The number of rotatable bonds is 4. The number of cyclic esters (lactones) is 1. The number of hydrogen-bond donors (Lipinski definition) is 1. The summed E-state index contributed by atoms with van der Waals surface area (Å²) in [6, 6.07) is 10.1. The van der Waals surface area contributed by atoms with Crippen LogP contribution in [0.2, 0.25) is 0 Å². The van der Waals surface area contributed by atoms with Gasteiger partial charge < -0.3 is 15.0 Å². The molecule has 4 nitrogen and oxygen atoms in total. The monoisotopic (exact) mass is 286 g/mol. The first kappa shape index (κ1) is 14.3. The number of carbonyl (C=O) groups excluding carboxylic acids is 1. The average Bonchev–Trinajstić information content (AvgIpc) is 2.80. The molecule has 2 aliphatic heterocycles. The molecular formula is C17H22N2O2. The van der Waals surface area contributed by atoms with Gasteiger partial charge in [0.25, 0.3) is 0 Å². The van der Waals surface area contributed by atoms with E-state index in [1.807, 2.05) is 32.3 Å². The molecule has 0 aliphatic carbocycles. The van der Waals surface area contributed by atoms with Crippen molar-refractivity contribution >= 4 is 5.97 Å². The lowest BCUT2D eigenvalue weighted by Gasteiger charge is -2.33. The number of benzene rings is 1. The minimum Gasteiger partial charge on any atom is -0.446 e. The third kappa shape index (κ3) is 2.49. The first-order chi connectivity index (χ1) is 10.1. The smallest absolute Gasteiger partial charge is 0.335 e. The van der Waals surface area contributed by atoms with Crippen molar-refractivity contribution in [1.82, 2.24) is 10.2 Å². The Morgan fingerprint density at radius 3 is 2.76 bits per heavy atom. The van der Waals surface area contributed by atoms with Gasteiger partial charge in [0.15, 0.2) is 5.60 Å². The third-order valence-electron chi connectivity index (χ3n) is 4.37.